The maximum absolute atomic E-state index is 10.7. The van der Waals surface area contributed by atoms with Gasteiger partial charge in [0.2, 0.25) is 0 Å². The maximum atomic E-state index is 10.7. The van der Waals surface area contributed by atoms with Crippen LogP contribution in [0.5, 0.6) is 0 Å². The lowest BCUT2D eigenvalue weighted by molar-refractivity contribution is -0.384. The van der Waals surface area contributed by atoms with Crippen molar-refractivity contribution in [2.45, 2.75) is 20.4 Å². The fraction of sp³-hybridized carbons (Fsp3) is 0.200. The fourth-order valence-electron chi connectivity index (χ4n) is 2.13. The molecule has 0 saturated carbocycles. The van der Waals surface area contributed by atoms with Gasteiger partial charge in [0, 0.05) is 28.8 Å². The molecule has 0 amide bonds. The zero-order valence-electron chi connectivity index (χ0n) is 11.3. The number of hydrogen-bond donors (Lipinski definition) is 1. The van der Waals surface area contributed by atoms with Crippen molar-refractivity contribution in [3.05, 3.63) is 67.7 Å². The molecular formula is C15H15BrN2O2. The van der Waals surface area contributed by atoms with Crippen LogP contribution in [0.25, 0.3) is 0 Å². The van der Waals surface area contributed by atoms with Crippen molar-refractivity contribution in [3.8, 4) is 0 Å². The van der Waals surface area contributed by atoms with Gasteiger partial charge in [-0.25, -0.2) is 0 Å². The first kappa shape index (κ1) is 14.5. The van der Waals surface area contributed by atoms with Crippen molar-refractivity contribution in [1.29, 1.82) is 0 Å². The molecule has 0 heterocycles. The summed E-state index contributed by atoms with van der Waals surface area (Å²) in [6.45, 7) is 4.81. The molecule has 0 bridgehead atoms. The van der Waals surface area contributed by atoms with E-state index in [9.17, 15) is 10.1 Å². The van der Waals surface area contributed by atoms with Gasteiger partial charge in [-0.15, -0.1) is 0 Å². The monoisotopic (exact) mass is 334 g/mol. The van der Waals surface area contributed by atoms with Gasteiger partial charge in [0.05, 0.1) is 4.92 Å². The lowest BCUT2D eigenvalue weighted by Crippen LogP contribution is -2.01. The Balaban J connectivity index is 2.12. The molecule has 0 unspecified atom stereocenters. The molecule has 0 aromatic heterocycles. The zero-order chi connectivity index (χ0) is 14.7. The number of rotatable bonds is 4. The van der Waals surface area contributed by atoms with Gasteiger partial charge in [0.1, 0.15) is 0 Å². The van der Waals surface area contributed by atoms with Crippen LogP contribution in [0.4, 0.5) is 11.4 Å². The molecular weight excluding hydrogens is 320 g/mol. The summed E-state index contributed by atoms with van der Waals surface area (Å²) in [6, 6.07) is 11.1. The summed E-state index contributed by atoms with van der Waals surface area (Å²) in [6.07, 6.45) is 0. The first-order valence-electron chi connectivity index (χ1n) is 6.20. The Bertz CT molecular complexity index is 636. The molecule has 0 spiro atoms. The van der Waals surface area contributed by atoms with E-state index in [0.717, 1.165) is 5.69 Å². The van der Waals surface area contributed by atoms with Gasteiger partial charge in [-0.2, -0.15) is 0 Å². The number of halogens is 1. The van der Waals surface area contributed by atoms with Crippen LogP contribution in [0, 0.1) is 24.0 Å². The minimum Gasteiger partial charge on any atom is -0.380 e. The van der Waals surface area contributed by atoms with Gasteiger partial charge in [-0.05, 0) is 41.4 Å². The second-order valence-electron chi connectivity index (χ2n) is 4.77. The van der Waals surface area contributed by atoms with Crippen molar-refractivity contribution in [1.82, 2.24) is 0 Å². The number of nitrogens with one attached hydrogen (secondary N) is 1. The second kappa shape index (κ2) is 6.05. The highest BCUT2D eigenvalue weighted by atomic mass is 79.9. The first-order chi connectivity index (χ1) is 9.45. The largest absolute Gasteiger partial charge is 0.380 e. The number of benzene rings is 2. The SMILES string of the molecule is Cc1cc(C)cc(CNc2ccc([N+](=O)[O-])cc2Br)c1. The number of nitro benzene ring substituents is 1. The molecule has 20 heavy (non-hydrogen) atoms. The summed E-state index contributed by atoms with van der Waals surface area (Å²) in [5.41, 5.74) is 4.56. The molecule has 0 atom stereocenters. The van der Waals surface area contributed by atoms with Crippen molar-refractivity contribution in [2.24, 2.45) is 0 Å². The van der Waals surface area contributed by atoms with Crippen LogP contribution in [0.2, 0.25) is 0 Å². The van der Waals surface area contributed by atoms with Crippen LogP contribution in [0.15, 0.2) is 40.9 Å². The number of hydrogen-bond acceptors (Lipinski definition) is 3. The lowest BCUT2D eigenvalue weighted by Gasteiger charge is -2.10. The lowest BCUT2D eigenvalue weighted by atomic mass is 10.1. The van der Waals surface area contributed by atoms with E-state index in [4.69, 9.17) is 0 Å². The Kier molecular flexibility index (Phi) is 4.39. The molecule has 2 aromatic carbocycles. The van der Waals surface area contributed by atoms with Gasteiger partial charge in [0.25, 0.3) is 5.69 Å². The van der Waals surface area contributed by atoms with Crippen LogP contribution >= 0.6 is 15.9 Å². The molecule has 0 saturated heterocycles. The van der Waals surface area contributed by atoms with Crippen LogP contribution < -0.4 is 5.32 Å². The Labute approximate surface area is 126 Å². The van der Waals surface area contributed by atoms with Crippen molar-refractivity contribution < 1.29 is 4.92 Å². The molecule has 2 aromatic rings. The van der Waals surface area contributed by atoms with Gasteiger partial charge < -0.3 is 5.32 Å². The quantitative estimate of drug-likeness (QED) is 0.657. The van der Waals surface area contributed by atoms with Gasteiger partial charge >= 0.3 is 0 Å². The molecule has 0 aliphatic heterocycles. The molecule has 0 fully saturated rings. The summed E-state index contributed by atoms with van der Waals surface area (Å²) in [5.74, 6) is 0. The summed E-state index contributed by atoms with van der Waals surface area (Å²) >= 11 is 3.35. The third-order valence-electron chi connectivity index (χ3n) is 2.93. The molecule has 5 heteroatoms. The average molecular weight is 335 g/mol. The van der Waals surface area contributed by atoms with Gasteiger partial charge in [-0.3, -0.25) is 10.1 Å². The van der Waals surface area contributed by atoms with E-state index in [-0.39, 0.29) is 5.69 Å². The van der Waals surface area contributed by atoms with E-state index < -0.39 is 4.92 Å². The summed E-state index contributed by atoms with van der Waals surface area (Å²) in [4.78, 5) is 10.3. The molecule has 1 N–H and O–H groups in total. The van der Waals surface area contributed by atoms with Crippen molar-refractivity contribution in [3.63, 3.8) is 0 Å². The standard InChI is InChI=1S/C15H15BrN2O2/c1-10-5-11(2)7-12(6-10)9-17-15-4-3-13(18(19)20)8-14(15)16/h3-8,17H,9H2,1-2H3. The predicted molar refractivity (Wildman–Crippen MR) is 84.0 cm³/mol. The molecule has 0 radical (unpaired) electrons. The molecule has 4 nitrogen and oxygen atoms in total. The van der Waals surface area contributed by atoms with Gasteiger partial charge in [-0.1, -0.05) is 29.3 Å². The van der Waals surface area contributed by atoms with Crippen LogP contribution in [-0.2, 0) is 6.54 Å². The smallest absolute Gasteiger partial charge is 0.270 e. The Morgan fingerprint density at radius 2 is 1.80 bits per heavy atom. The van der Waals surface area contributed by atoms with Crippen LogP contribution in [0.1, 0.15) is 16.7 Å². The molecule has 0 aliphatic carbocycles. The van der Waals surface area contributed by atoms with E-state index in [1.165, 1.54) is 28.8 Å². The average Bonchev–Trinajstić information content (AvgIpc) is 2.36. The Morgan fingerprint density at radius 1 is 1.15 bits per heavy atom. The second-order valence-corrected chi connectivity index (χ2v) is 5.63. The Morgan fingerprint density at radius 3 is 2.35 bits per heavy atom. The number of nitrogens with zero attached hydrogens (tertiary/aromatic N) is 1. The summed E-state index contributed by atoms with van der Waals surface area (Å²) < 4.78 is 0.691. The minimum absolute atomic E-state index is 0.0776. The fourth-order valence-corrected chi connectivity index (χ4v) is 2.64. The third kappa shape index (κ3) is 3.57. The third-order valence-corrected chi connectivity index (χ3v) is 3.58. The van der Waals surface area contributed by atoms with E-state index in [1.807, 2.05) is 0 Å². The topological polar surface area (TPSA) is 55.2 Å². The number of non-ortho nitro benzene ring substituents is 1. The van der Waals surface area contributed by atoms with Crippen LogP contribution in [-0.4, -0.2) is 4.92 Å². The van der Waals surface area contributed by atoms with E-state index in [2.05, 4.69) is 53.3 Å². The summed E-state index contributed by atoms with van der Waals surface area (Å²) in [5, 5.41) is 14.0. The highest BCUT2D eigenvalue weighted by molar-refractivity contribution is 9.10. The predicted octanol–water partition coefficient (Wildman–Crippen LogP) is 4.59. The van der Waals surface area contributed by atoms with Crippen LogP contribution in [0.3, 0.4) is 0 Å². The van der Waals surface area contributed by atoms with E-state index in [1.54, 1.807) is 6.07 Å². The summed E-state index contributed by atoms with van der Waals surface area (Å²) in [7, 11) is 0. The number of aryl methyl sites for hydroxylation is 2. The minimum atomic E-state index is -0.404. The number of nitro groups is 1. The highest BCUT2D eigenvalue weighted by Gasteiger charge is 2.08. The Hall–Kier alpha value is -1.88. The normalized spacial score (nSPS) is 10.3. The van der Waals surface area contributed by atoms with Gasteiger partial charge in [0.15, 0.2) is 0 Å². The van der Waals surface area contributed by atoms with Crippen molar-refractivity contribution >= 4 is 27.3 Å². The molecule has 0 aliphatic rings. The van der Waals surface area contributed by atoms with Crippen molar-refractivity contribution in [2.75, 3.05) is 5.32 Å². The van der Waals surface area contributed by atoms with E-state index in [0.29, 0.717) is 11.0 Å². The van der Waals surface area contributed by atoms with E-state index >= 15 is 0 Å². The molecule has 104 valence electrons. The maximum Gasteiger partial charge on any atom is 0.270 e. The highest BCUT2D eigenvalue weighted by Crippen LogP contribution is 2.27. The zero-order valence-corrected chi connectivity index (χ0v) is 12.9. The molecule has 2 rings (SSSR count). The first-order valence-corrected chi connectivity index (χ1v) is 7.00. The number of anilines is 1.